The Balaban J connectivity index is 0.00000264. The number of nitrogens with one attached hydrogen (secondary N) is 2. The van der Waals surface area contributed by atoms with Gasteiger partial charge in [0.05, 0.1) is 12.2 Å². The molecule has 0 aliphatic heterocycles. The summed E-state index contributed by atoms with van der Waals surface area (Å²) in [6.45, 7) is 5.81. The van der Waals surface area contributed by atoms with Crippen molar-refractivity contribution in [3.8, 4) is 0 Å². The Labute approximate surface area is 155 Å². The highest BCUT2D eigenvalue weighted by molar-refractivity contribution is 14.0. The second kappa shape index (κ2) is 9.39. The van der Waals surface area contributed by atoms with Gasteiger partial charge in [-0.3, -0.25) is 9.98 Å². The van der Waals surface area contributed by atoms with Crippen molar-refractivity contribution in [3.63, 3.8) is 0 Å². The van der Waals surface area contributed by atoms with Crippen molar-refractivity contribution in [1.29, 1.82) is 0 Å². The van der Waals surface area contributed by atoms with E-state index < -0.39 is 0 Å². The number of aromatic nitrogens is 1. The van der Waals surface area contributed by atoms with Crippen molar-refractivity contribution < 1.29 is 4.39 Å². The Hall–Kier alpha value is -0.920. The Morgan fingerprint density at radius 2 is 2.13 bits per heavy atom. The third-order valence-electron chi connectivity index (χ3n) is 4.37. The summed E-state index contributed by atoms with van der Waals surface area (Å²) in [5.41, 5.74) is 0.813. The number of guanidine groups is 1. The van der Waals surface area contributed by atoms with Crippen LogP contribution in [0.5, 0.6) is 0 Å². The Morgan fingerprint density at radius 1 is 1.39 bits per heavy atom. The summed E-state index contributed by atoms with van der Waals surface area (Å²) >= 11 is 0. The van der Waals surface area contributed by atoms with Crippen LogP contribution in [0.2, 0.25) is 0 Å². The van der Waals surface area contributed by atoms with Gasteiger partial charge in [0.25, 0.3) is 0 Å². The van der Waals surface area contributed by atoms with Gasteiger partial charge in [0.15, 0.2) is 5.96 Å². The predicted octanol–water partition coefficient (Wildman–Crippen LogP) is 3.72. The van der Waals surface area contributed by atoms with E-state index in [1.807, 2.05) is 0 Å². The van der Waals surface area contributed by atoms with Crippen LogP contribution in [0.3, 0.4) is 0 Å². The van der Waals surface area contributed by atoms with E-state index in [0.717, 1.165) is 6.54 Å². The summed E-state index contributed by atoms with van der Waals surface area (Å²) < 4.78 is 13.6. The van der Waals surface area contributed by atoms with Crippen LogP contribution in [-0.4, -0.2) is 24.5 Å². The van der Waals surface area contributed by atoms with Crippen molar-refractivity contribution >= 4 is 29.9 Å². The van der Waals surface area contributed by atoms with Crippen molar-refractivity contribution in [2.24, 2.45) is 16.3 Å². The maximum Gasteiger partial charge on any atom is 0.191 e. The van der Waals surface area contributed by atoms with Gasteiger partial charge < -0.3 is 10.6 Å². The van der Waals surface area contributed by atoms with Crippen molar-refractivity contribution in [2.75, 3.05) is 13.6 Å². The molecule has 0 aromatic carbocycles. The fraction of sp³-hybridized carbons (Fsp3) is 0.647. The lowest BCUT2D eigenvalue weighted by atomic mass is 9.64. The first-order valence-electron chi connectivity index (χ1n) is 8.08. The van der Waals surface area contributed by atoms with E-state index in [-0.39, 0.29) is 29.8 Å². The molecular formula is C17H28FIN4. The molecule has 0 saturated heterocycles. The molecular weight excluding hydrogens is 406 g/mol. The minimum Gasteiger partial charge on any atom is -0.356 e. The molecule has 130 valence electrons. The maximum atomic E-state index is 13.6. The van der Waals surface area contributed by atoms with Crippen LogP contribution in [-0.2, 0) is 6.54 Å². The summed E-state index contributed by atoms with van der Waals surface area (Å²) in [6, 6.07) is 3.02. The van der Waals surface area contributed by atoms with E-state index in [4.69, 9.17) is 0 Å². The molecule has 1 aromatic rings. The van der Waals surface area contributed by atoms with E-state index in [9.17, 15) is 4.39 Å². The SMILES string of the molecule is CN=C(NCc1ncccc1F)NCC1(CC(C)C)CCC1.I. The first kappa shape index (κ1) is 20.1. The molecule has 0 bridgehead atoms. The third-order valence-corrected chi connectivity index (χ3v) is 4.37. The van der Waals surface area contributed by atoms with Crippen LogP contribution in [0.4, 0.5) is 4.39 Å². The van der Waals surface area contributed by atoms with Crippen LogP contribution in [0, 0.1) is 17.2 Å². The minimum absolute atomic E-state index is 0. The molecule has 2 rings (SSSR count). The topological polar surface area (TPSA) is 49.3 Å². The van der Waals surface area contributed by atoms with Gasteiger partial charge in [-0.25, -0.2) is 4.39 Å². The number of hydrogen-bond acceptors (Lipinski definition) is 2. The first-order chi connectivity index (χ1) is 10.5. The molecule has 0 amide bonds. The average Bonchev–Trinajstić information content (AvgIpc) is 2.45. The lowest BCUT2D eigenvalue weighted by molar-refractivity contribution is 0.104. The predicted molar refractivity (Wildman–Crippen MR) is 104 cm³/mol. The quantitative estimate of drug-likeness (QED) is 0.408. The third kappa shape index (κ3) is 5.90. The summed E-state index contributed by atoms with van der Waals surface area (Å²) in [7, 11) is 1.74. The number of pyridine rings is 1. The van der Waals surface area contributed by atoms with E-state index in [1.54, 1.807) is 19.3 Å². The van der Waals surface area contributed by atoms with Crippen molar-refractivity contribution in [2.45, 2.75) is 46.1 Å². The monoisotopic (exact) mass is 434 g/mol. The fourth-order valence-corrected chi connectivity index (χ4v) is 3.20. The number of hydrogen-bond donors (Lipinski definition) is 2. The molecule has 1 aliphatic carbocycles. The maximum absolute atomic E-state index is 13.6. The Morgan fingerprint density at radius 3 is 2.65 bits per heavy atom. The van der Waals surface area contributed by atoms with Crippen LogP contribution < -0.4 is 10.6 Å². The zero-order valence-corrected chi connectivity index (χ0v) is 16.6. The Bertz CT molecular complexity index is 515. The zero-order valence-electron chi connectivity index (χ0n) is 14.2. The average molecular weight is 434 g/mol. The first-order valence-corrected chi connectivity index (χ1v) is 8.08. The fourth-order valence-electron chi connectivity index (χ4n) is 3.20. The van der Waals surface area contributed by atoms with Crippen molar-refractivity contribution in [3.05, 3.63) is 29.8 Å². The van der Waals surface area contributed by atoms with E-state index in [1.165, 1.54) is 31.7 Å². The standard InChI is InChI=1S/C17H27FN4.HI/c1-13(2)10-17(7-5-8-17)12-22-16(19-3)21-11-15-14(18)6-4-9-20-15;/h4,6,9,13H,5,7-8,10-12H2,1-3H3,(H2,19,21,22);1H. The molecule has 1 aromatic heterocycles. The normalized spacial score (nSPS) is 16.5. The number of nitrogens with zero attached hydrogens (tertiary/aromatic N) is 2. The largest absolute Gasteiger partial charge is 0.356 e. The van der Waals surface area contributed by atoms with Crippen LogP contribution in [0.15, 0.2) is 23.3 Å². The van der Waals surface area contributed by atoms with Crippen molar-refractivity contribution in [1.82, 2.24) is 15.6 Å². The molecule has 1 aliphatic rings. The number of halogens is 2. The molecule has 4 nitrogen and oxygen atoms in total. The summed E-state index contributed by atoms with van der Waals surface area (Å²) in [5.74, 6) is 1.13. The molecule has 0 spiro atoms. The molecule has 23 heavy (non-hydrogen) atoms. The van der Waals surface area contributed by atoms with Gasteiger partial charge in [-0.15, -0.1) is 24.0 Å². The smallest absolute Gasteiger partial charge is 0.191 e. The summed E-state index contributed by atoms with van der Waals surface area (Å²) in [6.07, 6.45) is 6.72. The zero-order chi connectivity index (χ0) is 16.0. The van der Waals surface area contributed by atoms with Crippen LogP contribution >= 0.6 is 24.0 Å². The molecule has 6 heteroatoms. The van der Waals surface area contributed by atoms with Gasteiger partial charge in [0, 0.05) is 19.8 Å². The van der Waals surface area contributed by atoms with Gasteiger partial charge >= 0.3 is 0 Å². The van der Waals surface area contributed by atoms with Gasteiger partial charge in [-0.1, -0.05) is 20.3 Å². The molecule has 2 N–H and O–H groups in total. The Kier molecular flexibility index (Phi) is 8.22. The highest BCUT2D eigenvalue weighted by Crippen LogP contribution is 2.45. The number of aliphatic imine (C=N–C) groups is 1. The second-order valence-electron chi connectivity index (χ2n) is 6.66. The summed E-state index contributed by atoms with van der Waals surface area (Å²) in [4.78, 5) is 8.26. The van der Waals surface area contributed by atoms with Gasteiger partial charge in [0.1, 0.15) is 5.82 Å². The minimum atomic E-state index is -0.291. The summed E-state index contributed by atoms with van der Waals surface area (Å²) in [5, 5.41) is 6.53. The lowest BCUT2D eigenvalue weighted by Crippen LogP contribution is -2.46. The molecule has 1 fully saturated rings. The highest BCUT2D eigenvalue weighted by atomic mass is 127. The van der Waals surface area contributed by atoms with Gasteiger partial charge in [0.2, 0.25) is 0 Å². The molecule has 0 atom stereocenters. The van der Waals surface area contributed by atoms with E-state index in [2.05, 4.69) is 34.5 Å². The van der Waals surface area contributed by atoms with Crippen LogP contribution in [0.25, 0.3) is 0 Å². The van der Waals surface area contributed by atoms with Gasteiger partial charge in [-0.05, 0) is 42.7 Å². The number of rotatable bonds is 6. The second-order valence-corrected chi connectivity index (χ2v) is 6.66. The molecule has 0 unspecified atom stereocenters. The highest BCUT2D eigenvalue weighted by Gasteiger charge is 2.37. The van der Waals surface area contributed by atoms with E-state index in [0.29, 0.717) is 29.5 Å². The van der Waals surface area contributed by atoms with Crippen LogP contribution in [0.1, 0.15) is 45.2 Å². The lowest BCUT2D eigenvalue weighted by Gasteiger charge is -2.43. The van der Waals surface area contributed by atoms with Gasteiger partial charge in [-0.2, -0.15) is 0 Å². The molecule has 0 radical (unpaired) electrons. The van der Waals surface area contributed by atoms with E-state index >= 15 is 0 Å². The molecule has 1 saturated carbocycles. The molecule has 1 heterocycles.